The SMILES string of the molecule is CCCCc1nc(Cl)c(CNc2cccc([N+](=O)[O-])c2)[nH]1. The highest BCUT2D eigenvalue weighted by Crippen LogP contribution is 2.19. The number of aryl methyl sites for hydroxylation is 1. The van der Waals surface area contributed by atoms with E-state index in [0.29, 0.717) is 17.4 Å². The predicted molar refractivity (Wildman–Crippen MR) is 82.6 cm³/mol. The lowest BCUT2D eigenvalue weighted by Crippen LogP contribution is -2.01. The number of aromatic nitrogens is 2. The normalized spacial score (nSPS) is 10.6. The van der Waals surface area contributed by atoms with E-state index in [0.717, 1.165) is 30.8 Å². The van der Waals surface area contributed by atoms with Crippen molar-refractivity contribution in [1.82, 2.24) is 9.97 Å². The monoisotopic (exact) mass is 308 g/mol. The highest BCUT2D eigenvalue weighted by atomic mass is 35.5. The largest absolute Gasteiger partial charge is 0.379 e. The minimum Gasteiger partial charge on any atom is -0.379 e. The standard InChI is InChI=1S/C14H17ClN4O2/c1-2-3-7-13-17-12(14(15)18-13)9-16-10-5-4-6-11(8-10)19(20)21/h4-6,8,16H,2-3,7,9H2,1H3,(H,17,18). The number of rotatable bonds is 7. The molecule has 2 rings (SSSR count). The molecule has 0 bridgehead atoms. The number of hydrogen-bond acceptors (Lipinski definition) is 4. The maximum Gasteiger partial charge on any atom is 0.271 e. The van der Waals surface area contributed by atoms with Crippen molar-refractivity contribution in [1.29, 1.82) is 0 Å². The van der Waals surface area contributed by atoms with E-state index in [1.807, 2.05) is 0 Å². The lowest BCUT2D eigenvalue weighted by molar-refractivity contribution is -0.384. The Bertz CT molecular complexity index is 627. The molecule has 1 heterocycles. The molecule has 0 saturated heterocycles. The van der Waals surface area contributed by atoms with Crippen LogP contribution in [0.3, 0.4) is 0 Å². The van der Waals surface area contributed by atoms with E-state index < -0.39 is 4.92 Å². The fourth-order valence-electron chi connectivity index (χ4n) is 1.94. The molecule has 6 nitrogen and oxygen atoms in total. The van der Waals surface area contributed by atoms with E-state index in [2.05, 4.69) is 22.2 Å². The number of nitrogens with one attached hydrogen (secondary N) is 2. The molecular formula is C14H17ClN4O2. The van der Waals surface area contributed by atoms with E-state index in [4.69, 9.17) is 11.6 Å². The maximum absolute atomic E-state index is 10.7. The predicted octanol–water partition coefficient (Wildman–Crippen LogP) is 3.93. The Labute approximate surface area is 127 Å². The molecule has 0 fully saturated rings. The summed E-state index contributed by atoms with van der Waals surface area (Å²) in [6.45, 7) is 2.56. The number of aromatic amines is 1. The van der Waals surface area contributed by atoms with Crippen LogP contribution >= 0.6 is 11.6 Å². The van der Waals surface area contributed by atoms with E-state index in [-0.39, 0.29) is 5.69 Å². The number of non-ortho nitro benzene ring substituents is 1. The number of nitro benzene ring substituents is 1. The van der Waals surface area contributed by atoms with Crippen LogP contribution in [-0.2, 0) is 13.0 Å². The zero-order valence-corrected chi connectivity index (χ0v) is 12.5. The highest BCUT2D eigenvalue weighted by Gasteiger charge is 2.09. The molecule has 0 aliphatic heterocycles. The van der Waals surface area contributed by atoms with E-state index in [1.165, 1.54) is 12.1 Å². The lowest BCUT2D eigenvalue weighted by atomic mass is 10.2. The van der Waals surface area contributed by atoms with Gasteiger partial charge in [-0.05, 0) is 12.5 Å². The van der Waals surface area contributed by atoms with Gasteiger partial charge in [0, 0.05) is 24.2 Å². The summed E-state index contributed by atoms with van der Waals surface area (Å²) in [5.74, 6) is 0.873. The first-order valence-electron chi connectivity index (χ1n) is 6.81. The molecule has 0 radical (unpaired) electrons. The summed E-state index contributed by atoms with van der Waals surface area (Å²) >= 11 is 6.08. The van der Waals surface area contributed by atoms with Crippen LogP contribution in [0.5, 0.6) is 0 Å². The second-order valence-electron chi connectivity index (χ2n) is 4.72. The molecule has 0 aliphatic carbocycles. The van der Waals surface area contributed by atoms with Gasteiger partial charge in [0.2, 0.25) is 0 Å². The van der Waals surface area contributed by atoms with Crippen molar-refractivity contribution < 1.29 is 4.92 Å². The Morgan fingerprint density at radius 2 is 2.29 bits per heavy atom. The molecule has 1 aromatic heterocycles. The Morgan fingerprint density at radius 3 is 3.00 bits per heavy atom. The molecule has 112 valence electrons. The van der Waals surface area contributed by atoms with Gasteiger partial charge in [0.15, 0.2) is 5.15 Å². The summed E-state index contributed by atoms with van der Waals surface area (Å²) in [5.41, 5.74) is 1.51. The second kappa shape index (κ2) is 7.08. The number of benzene rings is 1. The fourth-order valence-corrected chi connectivity index (χ4v) is 2.16. The number of unbranched alkanes of at least 4 members (excludes halogenated alkanes) is 1. The molecule has 7 heteroatoms. The van der Waals surface area contributed by atoms with E-state index in [9.17, 15) is 10.1 Å². The van der Waals surface area contributed by atoms with Gasteiger partial charge in [-0.25, -0.2) is 4.98 Å². The lowest BCUT2D eigenvalue weighted by Gasteiger charge is -2.04. The van der Waals surface area contributed by atoms with Gasteiger partial charge < -0.3 is 10.3 Å². The molecule has 1 aromatic carbocycles. The average molecular weight is 309 g/mol. The molecule has 0 saturated carbocycles. The minimum absolute atomic E-state index is 0.0549. The van der Waals surface area contributed by atoms with Gasteiger partial charge in [0.25, 0.3) is 5.69 Å². The number of imidazole rings is 1. The van der Waals surface area contributed by atoms with Crippen molar-refractivity contribution in [2.45, 2.75) is 32.7 Å². The van der Waals surface area contributed by atoms with Gasteiger partial charge >= 0.3 is 0 Å². The number of nitrogens with zero attached hydrogens (tertiary/aromatic N) is 2. The number of halogens is 1. The summed E-state index contributed by atoms with van der Waals surface area (Å²) in [6, 6.07) is 6.36. The van der Waals surface area contributed by atoms with Crippen LogP contribution in [0.1, 0.15) is 31.3 Å². The molecule has 0 aliphatic rings. The van der Waals surface area contributed by atoms with Gasteiger partial charge in [-0.3, -0.25) is 10.1 Å². The first-order chi connectivity index (χ1) is 10.1. The third-order valence-corrected chi connectivity index (χ3v) is 3.38. The van der Waals surface area contributed by atoms with Gasteiger partial charge in [-0.15, -0.1) is 0 Å². The topological polar surface area (TPSA) is 83.8 Å². The quantitative estimate of drug-likeness (QED) is 0.599. The van der Waals surface area contributed by atoms with Crippen LogP contribution in [0.25, 0.3) is 0 Å². The van der Waals surface area contributed by atoms with Crippen molar-refractivity contribution in [2.75, 3.05) is 5.32 Å². The summed E-state index contributed by atoms with van der Waals surface area (Å²) in [4.78, 5) is 17.8. The van der Waals surface area contributed by atoms with Crippen LogP contribution in [0, 0.1) is 10.1 Å². The molecule has 2 N–H and O–H groups in total. The van der Waals surface area contributed by atoms with Crippen molar-refractivity contribution >= 4 is 23.0 Å². The van der Waals surface area contributed by atoms with Crippen molar-refractivity contribution in [3.8, 4) is 0 Å². The number of anilines is 1. The third-order valence-electron chi connectivity index (χ3n) is 3.07. The number of H-pyrrole nitrogens is 1. The Hall–Kier alpha value is -2.08. The van der Waals surface area contributed by atoms with Crippen LogP contribution in [0.15, 0.2) is 24.3 Å². The first kappa shape index (κ1) is 15.3. The van der Waals surface area contributed by atoms with Crippen molar-refractivity contribution in [3.05, 3.63) is 51.1 Å². The average Bonchev–Trinajstić information content (AvgIpc) is 2.83. The Kier molecular flexibility index (Phi) is 5.16. The number of hydrogen-bond donors (Lipinski definition) is 2. The second-order valence-corrected chi connectivity index (χ2v) is 5.08. The molecular weight excluding hydrogens is 292 g/mol. The minimum atomic E-state index is -0.419. The zero-order chi connectivity index (χ0) is 15.2. The van der Waals surface area contributed by atoms with Gasteiger partial charge in [-0.1, -0.05) is 31.0 Å². The zero-order valence-electron chi connectivity index (χ0n) is 11.7. The fraction of sp³-hybridized carbons (Fsp3) is 0.357. The van der Waals surface area contributed by atoms with Gasteiger partial charge in [-0.2, -0.15) is 0 Å². The molecule has 0 spiro atoms. The summed E-state index contributed by atoms with van der Waals surface area (Å²) in [5, 5.41) is 14.3. The molecule has 2 aromatic rings. The summed E-state index contributed by atoms with van der Waals surface area (Å²) in [7, 11) is 0. The van der Waals surface area contributed by atoms with Crippen LogP contribution < -0.4 is 5.32 Å². The summed E-state index contributed by atoms with van der Waals surface area (Å²) in [6.07, 6.45) is 3.02. The third kappa shape index (κ3) is 4.19. The van der Waals surface area contributed by atoms with Crippen LogP contribution in [0.2, 0.25) is 5.15 Å². The number of nitro groups is 1. The van der Waals surface area contributed by atoms with E-state index >= 15 is 0 Å². The smallest absolute Gasteiger partial charge is 0.271 e. The molecule has 21 heavy (non-hydrogen) atoms. The Morgan fingerprint density at radius 1 is 1.48 bits per heavy atom. The molecule has 0 amide bonds. The van der Waals surface area contributed by atoms with Crippen molar-refractivity contribution in [3.63, 3.8) is 0 Å². The van der Waals surface area contributed by atoms with Crippen LogP contribution in [-0.4, -0.2) is 14.9 Å². The van der Waals surface area contributed by atoms with E-state index in [1.54, 1.807) is 12.1 Å². The van der Waals surface area contributed by atoms with Gasteiger partial charge in [0.1, 0.15) is 5.82 Å². The molecule has 0 unspecified atom stereocenters. The molecule has 0 atom stereocenters. The summed E-state index contributed by atoms with van der Waals surface area (Å²) < 4.78 is 0. The van der Waals surface area contributed by atoms with Crippen LogP contribution in [0.4, 0.5) is 11.4 Å². The maximum atomic E-state index is 10.7. The van der Waals surface area contributed by atoms with Gasteiger partial charge in [0.05, 0.1) is 17.2 Å². The van der Waals surface area contributed by atoms with Crippen molar-refractivity contribution in [2.24, 2.45) is 0 Å². The first-order valence-corrected chi connectivity index (χ1v) is 7.19. The highest BCUT2D eigenvalue weighted by molar-refractivity contribution is 6.30. The Balaban J connectivity index is 2.01.